The van der Waals surface area contributed by atoms with Crippen LogP contribution in [0.25, 0.3) is 0 Å². The first-order valence-corrected chi connectivity index (χ1v) is 6.06. The minimum absolute atomic E-state index is 0.267. The van der Waals surface area contributed by atoms with Gasteiger partial charge in [-0.05, 0) is 44.4 Å². The van der Waals surface area contributed by atoms with Gasteiger partial charge in [0.15, 0.2) is 0 Å². The molecule has 15 heavy (non-hydrogen) atoms. The maximum atomic E-state index is 8.73. The second kappa shape index (κ2) is 6.13. The Hall–Kier alpha value is -0.540. The van der Waals surface area contributed by atoms with Crippen molar-refractivity contribution in [1.29, 1.82) is 0 Å². The molecular formula is C12H18BrNO. The Bertz CT molecular complexity index is 314. The number of hydrogen-bond acceptors (Lipinski definition) is 2. The van der Waals surface area contributed by atoms with Crippen LogP contribution in [-0.2, 0) is 0 Å². The molecule has 0 bridgehead atoms. The van der Waals surface area contributed by atoms with Gasteiger partial charge in [-0.15, -0.1) is 0 Å². The zero-order chi connectivity index (χ0) is 11.3. The van der Waals surface area contributed by atoms with E-state index in [0.717, 1.165) is 23.0 Å². The average molecular weight is 272 g/mol. The third-order valence-electron chi connectivity index (χ3n) is 2.38. The molecule has 2 N–H and O–H groups in total. The summed E-state index contributed by atoms with van der Waals surface area (Å²) in [5, 5.41) is 12.1. The van der Waals surface area contributed by atoms with E-state index < -0.39 is 0 Å². The van der Waals surface area contributed by atoms with Crippen molar-refractivity contribution in [3.63, 3.8) is 0 Å². The standard InChI is InChI=1S/C12H18BrNO/c1-9-5-6-11(8-12(9)13)14-10(2)4-3-7-15/h5-6,8,10,14-15H,3-4,7H2,1-2H3. The molecule has 1 rings (SSSR count). The number of halogens is 1. The largest absolute Gasteiger partial charge is 0.396 e. The molecule has 2 nitrogen and oxygen atoms in total. The van der Waals surface area contributed by atoms with Crippen LogP contribution in [-0.4, -0.2) is 17.8 Å². The van der Waals surface area contributed by atoms with Crippen LogP contribution in [0.1, 0.15) is 25.3 Å². The van der Waals surface area contributed by atoms with Crippen molar-refractivity contribution in [3.05, 3.63) is 28.2 Å². The van der Waals surface area contributed by atoms with E-state index in [0.29, 0.717) is 6.04 Å². The van der Waals surface area contributed by atoms with Gasteiger partial charge < -0.3 is 10.4 Å². The Labute approximate surface area is 99.8 Å². The summed E-state index contributed by atoms with van der Waals surface area (Å²) in [7, 11) is 0. The van der Waals surface area contributed by atoms with Gasteiger partial charge in [0.1, 0.15) is 0 Å². The molecule has 0 heterocycles. The second-order valence-electron chi connectivity index (χ2n) is 3.88. The predicted molar refractivity (Wildman–Crippen MR) is 68.3 cm³/mol. The third kappa shape index (κ3) is 4.22. The molecule has 0 aliphatic carbocycles. The molecule has 0 spiro atoms. The molecule has 0 fully saturated rings. The Morgan fingerprint density at radius 2 is 2.20 bits per heavy atom. The number of anilines is 1. The van der Waals surface area contributed by atoms with Crippen molar-refractivity contribution in [2.45, 2.75) is 32.7 Å². The molecule has 1 aromatic carbocycles. The molecule has 0 aliphatic rings. The maximum absolute atomic E-state index is 8.73. The van der Waals surface area contributed by atoms with Crippen molar-refractivity contribution in [2.24, 2.45) is 0 Å². The molecule has 3 heteroatoms. The highest BCUT2D eigenvalue weighted by molar-refractivity contribution is 9.10. The van der Waals surface area contributed by atoms with Gasteiger partial charge in [0.2, 0.25) is 0 Å². The fraction of sp³-hybridized carbons (Fsp3) is 0.500. The Morgan fingerprint density at radius 3 is 2.80 bits per heavy atom. The van der Waals surface area contributed by atoms with E-state index in [1.807, 2.05) is 0 Å². The van der Waals surface area contributed by atoms with E-state index >= 15 is 0 Å². The molecule has 0 amide bonds. The molecule has 0 aliphatic heterocycles. The van der Waals surface area contributed by atoms with Crippen molar-refractivity contribution in [1.82, 2.24) is 0 Å². The molecular weight excluding hydrogens is 254 g/mol. The summed E-state index contributed by atoms with van der Waals surface area (Å²) in [6.07, 6.45) is 1.84. The van der Waals surface area contributed by atoms with E-state index in [1.165, 1.54) is 5.56 Å². The number of nitrogens with one attached hydrogen (secondary N) is 1. The van der Waals surface area contributed by atoms with E-state index in [1.54, 1.807) is 0 Å². The van der Waals surface area contributed by atoms with Crippen LogP contribution < -0.4 is 5.32 Å². The van der Waals surface area contributed by atoms with Crippen LogP contribution in [0.5, 0.6) is 0 Å². The van der Waals surface area contributed by atoms with E-state index in [-0.39, 0.29) is 6.61 Å². The van der Waals surface area contributed by atoms with Gasteiger partial charge in [-0.3, -0.25) is 0 Å². The van der Waals surface area contributed by atoms with Gasteiger partial charge >= 0.3 is 0 Å². The van der Waals surface area contributed by atoms with Crippen molar-refractivity contribution >= 4 is 21.6 Å². The van der Waals surface area contributed by atoms with Crippen molar-refractivity contribution in [2.75, 3.05) is 11.9 Å². The molecule has 1 unspecified atom stereocenters. The number of aliphatic hydroxyl groups excluding tert-OH is 1. The van der Waals surface area contributed by atoms with Gasteiger partial charge in [-0.1, -0.05) is 22.0 Å². The van der Waals surface area contributed by atoms with Crippen LogP contribution in [0.2, 0.25) is 0 Å². The molecule has 1 atom stereocenters. The topological polar surface area (TPSA) is 32.3 Å². The zero-order valence-corrected chi connectivity index (χ0v) is 10.8. The highest BCUT2D eigenvalue weighted by Crippen LogP contribution is 2.21. The second-order valence-corrected chi connectivity index (χ2v) is 4.73. The van der Waals surface area contributed by atoms with E-state index in [2.05, 4.69) is 53.3 Å². The van der Waals surface area contributed by atoms with Crippen molar-refractivity contribution in [3.8, 4) is 0 Å². The first kappa shape index (κ1) is 12.5. The summed E-state index contributed by atoms with van der Waals surface area (Å²) in [5.74, 6) is 0. The molecule has 0 saturated carbocycles. The maximum Gasteiger partial charge on any atom is 0.0431 e. The lowest BCUT2D eigenvalue weighted by Gasteiger charge is -2.15. The summed E-state index contributed by atoms with van der Waals surface area (Å²) >= 11 is 3.51. The van der Waals surface area contributed by atoms with Gasteiger partial charge in [0.25, 0.3) is 0 Å². The van der Waals surface area contributed by atoms with Gasteiger partial charge in [0.05, 0.1) is 0 Å². The van der Waals surface area contributed by atoms with Crippen LogP contribution in [0, 0.1) is 6.92 Å². The number of hydrogen-bond donors (Lipinski definition) is 2. The van der Waals surface area contributed by atoms with Crippen LogP contribution in [0.15, 0.2) is 22.7 Å². The predicted octanol–water partition coefficient (Wildman–Crippen LogP) is 3.33. The smallest absolute Gasteiger partial charge is 0.0431 e. The summed E-state index contributed by atoms with van der Waals surface area (Å²) in [6.45, 7) is 4.47. The summed E-state index contributed by atoms with van der Waals surface area (Å²) < 4.78 is 1.13. The number of rotatable bonds is 5. The molecule has 0 aromatic heterocycles. The average Bonchev–Trinajstić information content (AvgIpc) is 2.20. The van der Waals surface area contributed by atoms with Gasteiger partial charge in [-0.2, -0.15) is 0 Å². The fourth-order valence-electron chi connectivity index (χ4n) is 1.44. The van der Waals surface area contributed by atoms with E-state index in [9.17, 15) is 0 Å². The first-order chi connectivity index (χ1) is 7.13. The highest BCUT2D eigenvalue weighted by atomic mass is 79.9. The molecule has 0 saturated heterocycles. The number of aryl methyl sites for hydroxylation is 1. The quantitative estimate of drug-likeness (QED) is 0.861. The minimum Gasteiger partial charge on any atom is -0.396 e. The highest BCUT2D eigenvalue weighted by Gasteiger charge is 2.02. The Balaban J connectivity index is 2.53. The van der Waals surface area contributed by atoms with E-state index in [4.69, 9.17) is 5.11 Å². The first-order valence-electron chi connectivity index (χ1n) is 5.27. The monoisotopic (exact) mass is 271 g/mol. The van der Waals surface area contributed by atoms with Crippen LogP contribution in [0.3, 0.4) is 0 Å². The van der Waals surface area contributed by atoms with Gasteiger partial charge in [-0.25, -0.2) is 0 Å². The normalized spacial score (nSPS) is 12.5. The summed E-state index contributed by atoms with van der Waals surface area (Å²) in [4.78, 5) is 0. The zero-order valence-electron chi connectivity index (χ0n) is 9.26. The summed E-state index contributed by atoms with van der Waals surface area (Å²) in [5.41, 5.74) is 2.36. The number of aliphatic hydroxyl groups is 1. The Morgan fingerprint density at radius 1 is 1.47 bits per heavy atom. The van der Waals surface area contributed by atoms with Crippen molar-refractivity contribution < 1.29 is 5.11 Å². The van der Waals surface area contributed by atoms with Crippen LogP contribution in [0.4, 0.5) is 5.69 Å². The fourth-order valence-corrected chi connectivity index (χ4v) is 1.82. The molecule has 0 radical (unpaired) electrons. The lowest BCUT2D eigenvalue weighted by atomic mass is 10.1. The lowest BCUT2D eigenvalue weighted by molar-refractivity contribution is 0.282. The van der Waals surface area contributed by atoms with Gasteiger partial charge in [0, 0.05) is 22.8 Å². The third-order valence-corrected chi connectivity index (χ3v) is 3.23. The van der Waals surface area contributed by atoms with Crippen LogP contribution >= 0.6 is 15.9 Å². The SMILES string of the molecule is Cc1ccc(NC(C)CCCO)cc1Br. The Kier molecular flexibility index (Phi) is 5.12. The summed E-state index contributed by atoms with van der Waals surface area (Å²) in [6, 6.07) is 6.65. The minimum atomic E-state index is 0.267. The lowest BCUT2D eigenvalue weighted by Crippen LogP contribution is -2.15. The molecule has 1 aromatic rings. The number of benzene rings is 1. The molecule has 84 valence electrons.